The summed E-state index contributed by atoms with van der Waals surface area (Å²) in [7, 11) is 0. The summed E-state index contributed by atoms with van der Waals surface area (Å²) in [4.78, 5) is 0. The quantitative estimate of drug-likeness (QED) is 0.653. The number of benzene rings is 2. The van der Waals surface area contributed by atoms with E-state index in [0.717, 1.165) is 16.3 Å². The molecule has 3 nitrogen and oxygen atoms in total. The fourth-order valence-electron chi connectivity index (χ4n) is 1.78. The zero-order chi connectivity index (χ0) is 13.8. The Kier molecular flexibility index (Phi) is 3.95. The van der Waals surface area contributed by atoms with Crippen molar-refractivity contribution in [1.29, 1.82) is 0 Å². The average Bonchev–Trinajstić information content (AvgIpc) is 2.97. The molecule has 0 aliphatic rings. The van der Waals surface area contributed by atoms with Crippen molar-refractivity contribution in [2.24, 2.45) is 0 Å². The minimum Gasteiger partial charge on any atom is -0.430 e. The van der Waals surface area contributed by atoms with Crippen LogP contribution in [0.3, 0.4) is 0 Å². The lowest BCUT2D eigenvalue weighted by Crippen LogP contribution is -1.84. The zero-order valence-electron chi connectivity index (χ0n) is 10.5. The maximum Gasteiger partial charge on any atom is 0.299 e. The second kappa shape index (κ2) is 6.03. The van der Waals surface area contributed by atoms with E-state index >= 15 is 0 Å². The van der Waals surface area contributed by atoms with Crippen molar-refractivity contribution in [1.82, 2.24) is 10.2 Å². The van der Waals surface area contributed by atoms with E-state index in [9.17, 15) is 0 Å². The highest BCUT2D eigenvalue weighted by Crippen LogP contribution is 2.27. The van der Waals surface area contributed by atoms with Crippen LogP contribution in [0.2, 0.25) is 0 Å². The molecule has 3 rings (SSSR count). The van der Waals surface area contributed by atoms with E-state index in [-0.39, 0.29) is 0 Å². The lowest BCUT2D eigenvalue weighted by atomic mass is 10.1. The Hall–Kier alpha value is -1.91. The summed E-state index contributed by atoms with van der Waals surface area (Å²) in [6.07, 6.45) is 0. The molecule has 0 atom stereocenters. The van der Waals surface area contributed by atoms with Gasteiger partial charge in [-0.25, -0.2) is 0 Å². The van der Waals surface area contributed by atoms with E-state index in [1.54, 1.807) is 0 Å². The molecule has 0 unspecified atom stereocenters. The first-order valence-corrected chi connectivity index (χ1v) is 7.42. The molecule has 0 aliphatic heterocycles. The molecule has 1 heterocycles. The second-order valence-corrected chi connectivity index (χ2v) is 5.38. The number of hydrogen-bond donors (Lipinski definition) is 0. The van der Waals surface area contributed by atoms with Gasteiger partial charge in [0.1, 0.15) is 10.8 Å². The molecule has 0 radical (unpaired) electrons. The van der Waals surface area contributed by atoms with Crippen LogP contribution in [0.5, 0.6) is 10.9 Å². The van der Waals surface area contributed by atoms with Gasteiger partial charge in [-0.1, -0.05) is 58.9 Å². The lowest BCUT2D eigenvalue weighted by Gasteiger charge is -2.04. The third kappa shape index (κ3) is 2.98. The van der Waals surface area contributed by atoms with Crippen molar-refractivity contribution >= 4 is 22.9 Å². The van der Waals surface area contributed by atoms with Crippen LogP contribution in [0.25, 0.3) is 11.1 Å². The van der Waals surface area contributed by atoms with Crippen LogP contribution in [-0.2, 0) is 5.88 Å². The first-order valence-electron chi connectivity index (χ1n) is 6.07. The predicted octanol–water partition coefficient (Wildman–Crippen LogP) is 4.74. The number of nitrogens with zero attached hydrogens (tertiary/aromatic N) is 2. The molecular formula is C15H11ClN2OS. The van der Waals surface area contributed by atoms with Gasteiger partial charge in [0.15, 0.2) is 0 Å². The van der Waals surface area contributed by atoms with Gasteiger partial charge in [0.05, 0.1) is 5.88 Å². The zero-order valence-corrected chi connectivity index (χ0v) is 12.1. The summed E-state index contributed by atoms with van der Waals surface area (Å²) in [5.41, 5.74) is 2.33. The third-order valence-corrected chi connectivity index (χ3v) is 3.94. The molecule has 0 saturated heterocycles. The number of ether oxygens (including phenoxy) is 1. The highest BCUT2D eigenvalue weighted by molar-refractivity contribution is 7.13. The number of halogens is 1. The molecule has 2 aromatic carbocycles. The molecule has 1 aromatic heterocycles. The molecule has 100 valence electrons. The number of alkyl halides is 1. The SMILES string of the molecule is ClCc1nnc(Oc2ccc(-c3ccccc3)cc2)s1. The molecule has 0 amide bonds. The molecule has 0 aliphatic carbocycles. The normalized spacial score (nSPS) is 10.4. The van der Waals surface area contributed by atoms with Gasteiger partial charge in [0, 0.05) is 0 Å². The predicted molar refractivity (Wildman–Crippen MR) is 81.4 cm³/mol. The van der Waals surface area contributed by atoms with Crippen molar-refractivity contribution in [2.45, 2.75) is 5.88 Å². The number of hydrogen-bond acceptors (Lipinski definition) is 4. The van der Waals surface area contributed by atoms with Crippen LogP contribution < -0.4 is 4.74 Å². The van der Waals surface area contributed by atoms with Crippen molar-refractivity contribution in [3.05, 3.63) is 59.6 Å². The van der Waals surface area contributed by atoms with Crippen LogP contribution in [0.4, 0.5) is 0 Å². The monoisotopic (exact) mass is 302 g/mol. The van der Waals surface area contributed by atoms with Crippen molar-refractivity contribution in [2.75, 3.05) is 0 Å². The van der Waals surface area contributed by atoms with E-state index in [1.165, 1.54) is 16.9 Å². The van der Waals surface area contributed by atoms with E-state index in [2.05, 4.69) is 22.3 Å². The van der Waals surface area contributed by atoms with Crippen LogP contribution in [0, 0.1) is 0 Å². The Labute approximate surface area is 125 Å². The minimum atomic E-state index is 0.355. The van der Waals surface area contributed by atoms with Crippen LogP contribution in [-0.4, -0.2) is 10.2 Å². The summed E-state index contributed by atoms with van der Waals surface area (Å²) in [6, 6.07) is 18.1. The molecular weight excluding hydrogens is 292 g/mol. The Morgan fingerprint density at radius 1 is 0.900 bits per heavy atom. The van der Waals surface area contributed by atoms with Crippen molar-refractivity contribution in [3.63, 3.8) is 0 Å². The van der Waals surface area contributed by atoms with Gasteiger partial charge in [0.2, 0.25) is 0 Å². The molecule has 0 saturated carbocycles. The maximum atomic E-state index is 5.68. The lowest BCUT2D eigenvalue weighted by molar-refractivity contribution is 0.473. The minimum absolute atomic E-state index is 0.355. The number of rotatable bonds is 4. The molecule has 20 heavy (non-hydrogen) atoms. The number of aromatic nitrogens is 2. The average molecular weight is 303 g/mol. The van der Waals surface area contributed by atoms with Gasteiger partial charge in [-0.05, 0) is 23.3 Å². The molecule has 5 heteroatoms. The fraction of sp³-hybridized carbons (Fsp3) is 0.0667. The Morgan fingerprint density at radius 2 is 1.60 bits per heavy atom. The van der Waals surface area contributed by atoms with E-state index in [0.29, 0.717) is 11.1 Å². The largest absolute Gasteiger partial charge is 0.430 e. The van der Waals surface area contributed by atoms with Crippen molar-refractivity contribution < 1.29 is 4.74 Å². The maximum absolute atomic E-state index is 5.68. The molecule has 0 fully saturated rings. The smallest absolute Gasteiger partial charge is 0.299 e. The van der Waals surface area contributed by atoms with E-state index in [1.807, 2.05) is 42.5 Å². The topological polar surface area (TPSA) is 35.0 Å². The van der Waals surface area contributed by atoms with Gasteiger partial charge in [-0.2, -0.15) is 0 Å². The molecule has 0 bridgehead atoms. The van der Waals surface area contributed by atoms with E-state index in [4.69, 9.17) is 16.3 Å². The van der Waals surface area contributed by atoms with Gasteiger partial charge < -0.3 is 4.74 Å². The van der Waals surface area contributed by atoms with Crippen molar-refractivity contribution in [3.8, 4) is 22.1 Å². The van der Waals surface area contributed by atoms with Gasteiger partial charge in [-0.15, -0.1) is 16.7 Å². The standard InChI is InChI=1S/C15H11ClN2OS/c16-10-14-17-18-15(20-14)19-13-8-6-12(7-9-13)11-4-2-1-3-5-11/h1-9H,10H2. The fourth-order valence-corrected chi connectivity index (χ4v) is 2.55. The highest BCUT2D eigenvalue weighted by atomic mass is 35.5. The first-order chi connectivity index (χ1) is 9.85. The summed E-state index contributed by atoms with van der Waals surface area (Å²) in [5.74, 6) is 1.09. The Bertz CT molecular complexity index is 683. The Morgan fingerprint density at radius 3 is 2.25 bits per heavy atom. The molecule has 0 N–H and O–H groups in total. The summed E-state index contributed by atoms with van der Waals surface area (Å²) in [6.45, 7) is 0. The molecule has 0 spiro atoms. The highest BCUT2D eigenvalue weighted by Gasteiger charge is 2.05. The first kappa shape index (κ1) is 13.1. The van der Waals surface area contributed by atoms with Gasteiger partial charge >= 0.3 is 0 Å². The third-order valence-electron chi connectivity index (χ3n) is 2.73. The van der Waals surface area contributed by atoms with Crippen LogP contribution in [0.1, 0.15) is 5.01 Å². The van der Waals surface area contributed by atoms with Crippen LogP contribution >= 0.6 is 22.9 Å². The summed E-state index contributed by atoms with van der Waals surface area (Å²) < 4.78 is 5.64. The summed E-state index contributed by atoms with van der Waals surface area (Å²) >= 11 is 7.04. The Balaban J connectivity index is 1.76. The van der Waals surface area contributed by atoms with Gasteiger partial charge in [-0.3, -0.25) is 0 Å². The summed E-state index contributed by atoms with van der Waals surface area (Å²) in [5, 5.41) is 9.09. The molecule has 3 aromatic rings. The van der Waals surface area contributed by atoms with Gasteiger partial charge in [0.25, 0.3) is 5.19 Å². The van der Waals surface area contributed by atoms with Crippen LogP contribution in [0.15, 0.2) is 54.6 Å². The second-order valence-electron chi connectivity index (χ2n) is 4.09. The van der Waals surface area contributed by atoms with E-state index < -0.39 is 0 Å².